The van der Waals surface area contributed by atoms with Gasteiger partial charge in [-0.1, -0.05) is 12.1 Å². The Labute approximate surface area is 189 Å². The highest BCUT2D eigenvalue weighted by atomic mass is 32.1. The fourth-order valence-electron chi connectivity index (χ4n) is 4.18. The van der Waals surface area contributed by atoms with Crippen LogP contribution in [0.2, 0.25) is 0 Å². The maximum Gasteiger partial charge on any atom is 0.257 e. The van der Waals surface area contributed by atoms with Crippen molar-refractivity contribution in [2.45, 2.75) is 38.0 Å². The lowest BCUT2D eigenvalue weighted by Crippen LogP contribution is -2.41. The summed E-state index contributed by atoms with van der Waals surface area (Å²) in [5.74, 6) is 0.860. The Morgan fingerprint density at radius 1 is 1.19 bits per heavy atom. The van der Waals surface area contributed by atoms with Gasteiger partial charge in [0.05, 0.1) is 42.1 Å². The first-order valence-electron chi connectivity index (χ1n) is 10.6. The lowest BCUT2D eigenvalue weighted by Gasteiger charge is -2.27. The standard InChI is InChI=1S/C23H25N3O3S2/c27-23(16-25(14-17-5-1-9-28-17)15-18-6-2-10-29-18)26-20(22-8-4-12-31-22)13-19(24-26)21-7-3-11-30-21/h1,3-5,7-9,11-12,18,20H,2,6,10,13-16H2. The summed E-state index contributed by atoms with van der Waals surface area (Å²) in [6, 6.07) is 12.0. The zero-order valence-corrected chi connectivity index (χ0v) is 18.8. The van der Waals surface area contributed by atoms with Crippen LogP contribution in [-0.2, 0) is 16.1 Å². The van der Waals surface area contributed by atoms with E-state index in [1.807, 2.05) is 24.3 Å². The largest absolute Gasteiger partial charge is 0.468 e. The van der Waals surface area contributed by atoms with Gasteiger partial charge in [-0.25, -0.2) is 5.01 Å². The first-order valence-corrected chi connectivity index (χ1v) is 12.4. The fourth-order valence-corrected chi connectivity index (χ4v) is 5.72. The number of hydrazone groups is 1. The third kappa shape index (κ3) is 4.82. The maximum absolute atomic E-state index is 13.5. The van der Waals surface area contributed by atoms with Gasteiger partial charge in [0, 0.05) is 24.4 Å². The molecule has 3 aromatic rings. The van der Waals surface area contributed by atoms with E-state index in [0.717, 1.165) is 42.2 Å². The molecule has 0 bridgehead atoms. The number of thiophene rings is 2. The molecule has 0 radical (unpaired) electrons. The molecular formula is C23H25N3O3S2. The maximum atomic E-state index is 13.5. The van der Waals surface area contributed by atoms with Crippen LogP contribution in [0, 0.1) is 0 Å². The number of hydrogen-bond donors (Lipinski definition) is 0. The van der Waals surface area contributed by atoms with E-state index in [4.69, 9.17) is 14.3 Å². The highest BCUT2D eigenvalue weighted by Crippen LogP contribution is 2.36. The van der Waals surface area contributed by atoms with E-state index in [0.29, 0.717) is 13.1 Å². The van der Waals surface area contributed by atoms with Crippen LogP contribution in [0.25, 0.3) is 0 Å². The van der Waals surface area contributed by atoms with Crippen LogP contribution in [-0.4, -0.2) is 47.3 Å². The van der Waals surface area contributed by atoms with Crippen LogP contribution >= 0.6 is 22.7 Å². The molecule has 1 amide bonds. The van der Waals surface area contributed by atoms with E-state index in [2.05, 4.69) is 27.8 Å². The van der Waals surface area contributed by atoms with E-state index in [-0.39, 0.29) is 24.6 Å². The second kappa shape index (κ2) is 9.48. The summed E-state index contributed by atoms with van der Waals surface area (Å²) >= 11 is 3.34. The first kappa shape index (κ1) is 20.6. The van der Waals surface area contributed by atoms with E-state index in [9.17, 15) is 4.79 Å². The van der Waals surface area contributed by atoms with Gasteiger partial charge in [0.1, 0.15) is 5.76 Å². The van der Waals surface area contributed by atoms with Gasteiger partial charge in [0.15, 0.2) is 0 Å². The number of carbonyl (C=O) groups excluding carboxylic acids is 1. The van der Waals surface area contributed by atoms with Crippen LogP contribution in [0.5, 0.6) is 0 Å². The van der Waals surface area contributed by atoms with Crippen molar-refractivity contribution in [2.24, 2.45) is 5.10 Å². The molecule has 2 aliphatic heterocycles. The Kier molecular flexibility index (Phi) is 6.31. The normalized spacial score (nSPS) is 21.2. The number of hydrogen-bond acceptors (Lipinski definition) is 7. The lowest BCUT2D eigenvalue weighted by molar-refractivity contribution is -0.134. The summed E-state index contributed by atoms with van der Waals surface area (Å²) in [6.45, 7) is 2.38. The molecule has 8 heteroatoms. The molecule has 6 nitrogen and oxygen atoms in total. The highest BCUT2D eigenvalue weighted by molar-refractivity contribution is 7.12. The van der Waals surface area contributed by atoms with Crippen LogP contribution < -0.4 is 0 Å². The number of ether oxygens (including phenoxy) is 1. The van der Waals surface area contributed by atoms with E-state index < -0.39 is 0 Å². The van der Waals surface area contributed by atoms with Gasteiger partial charge in [-0.2, -0.15) is 5.10 Å². The number of rotatable bonds is 8. The number of furan rings is 1. The molecule has 5 heterocycles. The van der Waals surface area contributed by atoms with Gasteiger partial charge in [-0.05, 0) is 47.9 Å². The Morgan fingerprint density at radius 2 is 2.10 bits per heavy atom. The minimum absolute atomic E-state index is 0.00880. The lowest BCUT2D eigenvalue weighted by atomic mass is 10.1. The Hall–Kier alpha value is -2.26. The van der Waals surface area contributed by atoms with Crippen LogP contribution in [0.4, 0.5) is 0 Å². The number of amides is 1. The molecule has 2 atom stereocenters. The minimum atomic E-state index is -0.0437. The monoisotopic (exact) mass is 455 g/mol. The van der Waals surface area contributed by atoms with Crippen molar-refractivity contribution < 1.29 is 13.9 Å². The topological polar surface area (TPSA) is 58.3 Å². The molecule has 0 spiro atoms. The van der Waals surface area contributed by atoms with Crippen molar-refractivity contribution in [1.82, 2.24) is 9.91 Å². The predicted molar refractivity (Wildman–Crippen MR) is 122 cm³/mol. The molecule has 162 valence electrons. The zero-order chi connectivity index (χ0) is 21.0. The summed E-state index contributed by atoms with van der Waals surface area (Å²) in [5.41, 5.74) is 0.985. The Morgan fingerprint density at radius 3 is 2.81 bits per heavy atom. The molecule has 5 rings (SSSR count). The van der Waals surface area contributed by atoms with Crippen LogP contribution in [0.15, 0.2) is 62.9 Å². The van der Waals surface area contributed by atoms with Crippen molar-refractivity contribution in [1.29, 1.82) is 0 Å². The Balaban J connectivity index is 1.35. The van der Waals surface area contributed by atoms with Gasteiger partial charge >= 0.3 is 0 Å². The molecule has 0 aliphatic carbocycles. The third-order valence-corrected chi connectivity index (χ3v) is 7.54. The third-order valence-electron chi connectivity index (χ3n) is 5.65. The SMILES string of the molecule is O=C(CN(Cc1ccco1)CC1CCCO1)N1N=C(c2cccs2)CC1c1cccs1. The molecule has 0 aromatic carbocycles. The zero-order valence-electron chi connectivity index (χ0n) is 17.2. The van der Waals surface area contributed by atoms with Crippen molar-refractivity contribution in [3.05, 3.63) is 68.9 Å². The minimum Gasteiger partial charge on any atom is -0.468 e. The average molecular weight is 456 g/mol. The molecule has 0 saturated carbocycles. The van der Waals surface area contributed by atoms with Gasteiger partial charge in [0.2, 0.25) is 0 Å². The molecule has 2 unspecified atom stereocenters. The number of nitrogens with zero attached hydrogens (tertiary/aromatic N) is 3. The summed E-state index contributed by atoms with van der Waals surface area (Å²) < 4.78 is 11.4. The highest BCUT2D eigenvalue weighted by Gasteiger charge is 2.35. The second-order valence-electron chi connectivity index (χ2n) is 7.88. The van der Waals surface area contributed by atoms with Gasteiger partial charge in [-0.3, -0.25) is 9.69 Å². The van der Waals surface area contributed by atoms with E-state index >= 15 is 0 Å². The molecule has 3 aromatic heterocycles. The van der Waals surface area contributed by atoms with E-state index in [1.165, 1.54) is 4.88 Å². The molecule has 0 N–H and O–H groups in total. The van der Waals surface area contributed by atoms with Gasteiger partial charge in [0.25, 0.3) is 5.91 Å². The quantitative estimate of drug-likeness (QED) is 0.491. The molecule has 1 saturated heterocycles. The molecule has 1 fully saturated rings. The first-order chi connectivity index (χ1) is 15.3. The predicted octanol–water partition coefficient (Wildman–Crippen LogP) is 4.76. The summed E-state index contributed by atoms with van der Waals surface area (Å²) in [6.07, 6.45) is 4.70. The van der Waals surface area contributed by atoms with Crippen molar-refractivity contribution in [3.63, 3.8) is 0 Å². The van der Waals surface area contributed by atoms with Crippen molar-refractivity contribution >= 4 is 34.3 Å². The van der Waals surface area contributed by atoms with Gasteiger partial charge in [-0.15, -0.1) is 22.7 Å². The van der Waals surface area contributed by atoms with Crippen LogP contribution in [0.3, 0.4) is 0 Å². The number of carbonyl (C=O) groups is 1. The van der Waals surface area contributed by atoms with E-state index in [1.54, 1.807) is 33.9 Å². The van der Waals surface area contributed by atoms with Crippen LogP contribution in [0.1, 0.15) is 40.8 Å². The van der Waals surface area contributed by atoms with Gasteiger partial charge < -0.3 is 9.15 Å². The molecule has 2 aliphatic rings. The smallest absolute Gasteiger partial charge is 0.257 e. The Bertz CT molecular complexity index is 993. The fraction of sp³-hybridized carbons (Fsp3) is 0.391. The average Bonchev–Trinajstić information content (AvgIpc) is 3.59. The second-order valence-corrected chi connectivity index (χ2v) is 9.81. The van der Waals surface area contributed by atoms with Crippen molar-refractivity contribution in [3.8, 4) is 0 Å². The molecular weight excluding hydrogens is 430 g/mol. The molecule has 31 heavy (non-hydrogen) atoms. The summed E-state index contributed by atoms with van der Waals surface area (Å²) in [4.78, 5) is 17.9. The van der Waals surface area contributed by atoms with Crippen molar-refractivity contribution in [2.75, 3.05) is 19.7 Å². The summed E-state index contributed by atoms with van der Waals surface area (Å²) in [7, 11) is 0. The summed E-state index contributed by atoms with van der Waals surface area (Å²) in [5, 5.41) is 10.6.